The topological polar surface area (TPSA) is 9.23 Å². The van der Waals surface area contributed by atoms with Crippen molar-refractivity contribution in [1.82, 2.24) is 0 Å². The van der Waals surface area contributed by atoms with Crippen LogP contribution in [0.1, 0.15) is 0 Å². The molecule has 1 rings (SSSR count). The molecular formula is C6H8Cl3HfO. The van der Waals surface area contributed by atoms with Gasteiger partial charge in [-0.2, -0.15) is 0 Å². The molecule has 0 fully saturated rings. The van der Waals surface area contributed by atoms with Crippen LogP contribution in [0.15, 0.2) is 30.3 Å². The normalized spacial score (nSPS) is 6.09. The Morgan fingerprint density at radius 3 is 1.64 bits per heavy atom. The van der Waals surface area contributed by atoms with E-state index in [1.54, 1.807) is 0 Å². The van der Waals surface area contributed by atoms with Gasteiger partial charge in [0.1, 0.15) is 0 Å². The van der Waals surface area contributed by atoms with E-state index in [0.717, 1.165) is 30.6 Å². The van der Waals surface area contributed by atoms with Gasteiger partial charge in [-0.3, -0.25) is 0 Å². The summed E-state index contributed by atoms with van der Waals surface area (Å²) < 4.78 is 5.05. The molecule has 0 N–H and O–H groups in total. The SMILES string of the molecule is Cl.Cl.Cl.[Hf][O]c1ccccc1. The first-order valence-corrected chi connectivity index (χ1v) is 3.79. The van der Waals surface area contributed by atoms with Crippen molar-refractivity contribution in [2.24, 2.45) is 0 Å². The zero-order chi connectivity index (χ0) is 5.82. The molecular weight excluding hydrogens is 373 g/mol. The predicted octanol–water partition coefficient (Wildman–Crippen LogP) is 2.79. The molecule has 0 aliphatic rings. The van der Waals surface area contributed by atoms with Crippen LogP contribution in [0.5, 0.6) is 5.75 Å². The maximum atomic E-state index is 5.05. The van der Waals surface area contributed by atoms with Crippen LogP contribution in [0, 0.1) is 0 Å². The number of hydrogen-bond acceptors (Lipinski definition) is 1. The van der Waals surface area contributed by atoms with Crippen LogP contribution >= 0.6 is 37.2 Å². The average molecular weight is 381 g/mol. The molecule has 5 heteroatoms. The minimum atomic E-state index is 0. The van der Waals surface area contributed by atoms with Crippen molar-refractivity contribution >= 4 is 37.2 Å². The summed E-state index contributed by atoms with van der Waals surface area (Å²) >= 11 is 0.777. The van der Waals surface area contributed by atoms with Crippen LogP contribution in [-0.4, -0.2) is 0 Å². The van der Waals surface area contributed by atoms with E-state index in [1.807, 2.05) is 30.3 Å². The molecule has 0 amide bonds. The van der Waals surface area contributed by atoms with Gasteiger partial charge in [-0.15, -0.1) is 37.2 Å². The molecule has 0 radical (unpaired) electrons. The van der Waals surface area contributed by atoms with Gasteiger partial charge in [0.05, 0.1) is 0 Å². The van der Waals surface area contributed by atoms with Crippen LogP contribution in [-0.2, 0) is 24.8 Å². The number of rotatable bonds is 1. The molecule has 1 aromatic rings. The second-order valence-corrected chi connectivity index (χ2v) is 2.15. The molecule has 11 heavy (non-hydrogen) atoms. The summed E-state index contributed by atoms with van der Waals surface area (Å²) in [6, 6.07) is 9.81. The summed E-state index contributed by atoms with van der Waals surface area (Å²) in [4.78, 5) is 0. The van der Waals surface area contributed by atoms with E-state index >= 15 is 0 Å². The number of halogens is 3. The molecule has 0 saturated carbocycles. The van der Waals surface area contributed by atoms with E-state index in [9.17, 15) is 0 Å². The Balaban J connectivity index is -0.000000213. The molecule has 0 bridgehead atoms. The fourth-order valence-corrected chi connectivity index (χ4v) is 0.977. The summed E-state index contributed by atoms with van der Waals surface area (Å²) in [6.45, 7) is 0. The van der Waals surface area contributed by atoms with Crippen LogP contribution in [0.4, 0.5) is 0 Å². The third-order valence-corrected chi connectivity index (χ3v) is 1.71. The molecule has 0 spiro atoms. The third-order valence-electron chi connectivity index (χ3n) is 0.861. The van der Waals surface area contributed by atoms with Gasteiger partial charge in [0, 0.05) is 0 Å². The van der Waals surface area contributed by atoms with Gasteiger partial charge < -0.3 is 0 Å². The second-order valence-electron chi connectivity index (χ2n) is 1.42. The number of hydrogen-bond donors (Lipinski definition) is 0. The molecule has 0 saturated heterocycles. The third kappa shape index (κ3) is 7.13. The van der Waals surface area contributed by atoms with Crippen molar-refractivity contribution in [2.75, 3.05) is 0 Å². The quantitative estimate of drug-likeness (QED) is 0.681. The van der Waals surface area contributed by atoms with Gasteiger partial charge in [0.25, 0.3) is 0 Å². The van der Waals surface area contributed by atoms with Crippen molar-refractivity contribution in [3.8, 4) is 5.75 Å². The van der Waals surface area contributed by atoms with Gasteiger partial charge in [-0.05, 0) is 0 Å². The standard InChI is InChI=1S/C6H6O.3ClH.Hf/c7-6-4-2-1-3-5-6;;;;/h1-5,7H;3*1H;/q;;;;+1/p-1. The molecule has 0 atom stereocenters. The maximum absolute atomic E-state index is 5.05. The Morgan fingerprint density at radius 1 is 0.909 bits per heavy atom. The molecule has 1 aromatic carbocycles. The van der Waals surface area contributed by atoms with Crippen molar-refractivity contribution in [1.29, 1.82) is 0 Å². The molecule has 0 aromatic heterocycles. The molecule has 0 aliphatic heterocycles. The van der Waals surface area contributed by atoms with Gasteiger partial charge in [0.15, 0.2) is 0 Å². The van der Waals surface area contributed by atoms with E-state index in [2.05, 4.69) is 0 Å². The summed E-state index contributed by atoms with van der Waals surface area (Å²) in [7, 11) is 0. The van der Waals surface area contributed by atoms with Crippen LogP contribution in [0.2, 0.25) is 0 Å². The van der Waals surface area contributed by atoms with E-state index < -0.39 is 0 Å². The Bertz CT molecular complexity index is 159. The van der Waals surface area contributed by atoms with E-state index in [-0.39, 0.29) is 37.2 Å². The Kier molecular flexibility index (Phi) is 17.4. The Labute approximate surface area is 100 Å². The van der Waals surface area contributed by atoms with Crippen molar-refractivity contribution in [3.05, 3.63) is 30.3 Å². The fraction of sp³-hybridized carbons (Fsp3) is 0. The van der Waals surface area contributed by atoms with Gasteiger partial charge in [-0.1, -0.05) is 0 Å². The van der Waals surface area contributed by atoms with Gasteiger partial charge >= 0.3 is 63.7 Å². The fourth-order valence-electron chi connectivity index (χ4n) is 0.489. The van der Waals surface area contributed by atoms with Crippen molar-refractivity contribution in [3.63, 3.8) is 0 Å². The number of para-hydroxylation sites is 1. The summed E-state index contributed by atoms with van der Waals surface area (Å²) in [5, 5.41) is 0. The molecule has 0 aliphatic carbocycles. The summed E-state index contributed by atoms with van der Waals surface area (Å²) in [6.07, 6.45) is 0. The predicted molar refractivity (Wildman–Crippen MR) is 48.8 cm³/mol. The molecule has 1 nitrogen and oxygen atoms in total. The Morgan fingerprint density at radius 2 is 1.36 bits per heavy atom. The molecule has 0 heterocycles. The first-order chi connectivity index (χ1) is 3.93. The summed E-state index contributed by atoms with van der Waals surface area (Å²) in [5.74, 6) is 0.971. The van der Waals surface area contributed by atoms with E-state index in [1.165, 1.54) is 0 Å². The zero-order valence-electron chi connectivity index (χ0n) is 5.52. The van der Waals surface area contributed by atoms with Crippen molar-refractivity contribution in [2.45, 2.75) is 0 Å². The van der Waals surface area contributed by atoms with E-state index in [4.69, 9.17) is 2.85 Å². The average Bonchev–Trinajstić information content (AvgIpc) is 1.90. The van der Waals surface area contributed by atoms with Crippen LogP contribution in [0.3, 0.4) is 0 Å². The first-order valence-electron chi connectivity index (χ1n) is 2.32. The summed E-state index contributed by atoms with van der Waals surface area (Å²) in [5.41, 5.74) is 0. The number of benzene rings is 1. The monoisotopic (exact) mass is 381 g/mol. The van der Waals surface area contributed by atoms with Gasteiger partial charge in [-0.25, -0.2) is 0 Å². The minimum absolute atomic E-state index is 0. The first kappa shape index (κ1) is 17.7. The van der Waals surface area contributed by atoms with Crippen LogP contribution in [0.25, 0.3) is 0 Å². The van der Waals surface area contributed by atoms with Crippen molar-refractivity contribution < 1.29 is 27.7 Å². The second kappa shape index (κ2) is 10.8. The van der Waals surface area contributed by atoms with Crippen LogP contribution < -0.4 is 2.85 Å². The van der Waals surface area contributed by atoms with E-state index in [0.29, 0.717) is 0 Å². The molecule has 63 valence electrons. The zero-order valence-corrected chi connectivity index (χ0v) is 11.6. The Hall–Kier alpha value is 0.760. The molecule has 0 unspecified atom stereocenters. The van der Waals surface area contributed by atoms with Gasteiger partial charge in [0.2, 0.25) is 0 Å².